The third-order valence-corrected chi connectivity index (χ3v) is 3.88. The summed E-state index contributed by atoms with van der Waals surface area (Å²) in [5.41, 5.74) is 0.855. The van der Waals surface area contributed by atoms with Gasteiger partial charge in [0, 0.05) is 22.2 Å². The Morgan fingerprint density at radius 3 is 2.58 bits per heavy atom. The van der Waals surface area contributed by atoms with Crippen LogP contribution < -0.4 is 5.56 Å². The molecule has 1 heterocycles. The van der Waals surface area contributed by atoms with Gasteiger partial charge in [0.1, 0.15) is 0 Å². The molecule has 0 fully saturated rings. The number of benzene rings is 2. The topological polar surface area (TPSA) is 117 Å². The van der Waals surface area contributed by atoms with Gasteiger partial charge in [-0.2, -0.15) is 0 Å². The SMILES string of the molecule is O=c1[nH][nH]c(-c2cccc([N+](=O)[O-])c2)c1N=Nc1ccccc1Br. The van der Waals surface area contributed by atoms with Crippen molar-refractivity contribution >= 4 is 33.0 Å². The zero-order valence-corrected chi connectivity index (χ0v) is 13.6. The van der Waals surface area contributed by atoms with Crippen molar-refractivity contribution in [2.75, 3.05) is 0 Å². The van der Waals surface area contributed by atoms with Gasteiger partial charge in [0.2, 0.25) is 0 Å². The number of aromatic amines is 2. The van der Waals surface area contributed by atoms with Crippen LogP contribution in [0.1, 0.15) is 0 Å². The van der Waals surface area contributed by atoms with Crippen LogP contribution >= 0.6 is 15.9 Å². The number of azo groups is 1. The van der Waals surface area contributed by atoms with Crippen molar-refractivity contribution in [3.8, 4) is 11.3 Å². The highest BCUT2D eigenvalue weighted by atomic mass is 79.9. The number of nitro benzene ring substituents is 1. The molecule has 0 unspecified atom stereocenters. The molecule has 0 spiro atoms. The highest BCUT2D eigenvalue weighted by Crippen LogP contribution is 2.30. The Morgan fingerprint density at radius 1 is 1.04 bits per heavy atom. The van der Waals surface area contributed by atoms with Crippen molar-refractivity contribution < 1.29 is 4.92 Å². The van der Waals surface area contributed by atoms with Crippen molar-refractivity contribution in [1.29, 1.82) is 0 Å². The fraction of sp³-hybridized carbons (Fsp3) is 0. The first-order chi connectivity index (χ1) is 11.6. The van der Waals surface area contributed by atoms with Crippen molar-refractivity contribution in [3.63, 3.8) is 0 Å². The van der Waals surface area contributed by atoms with Crippen LogP contribution in [0.25, 0.3) is 11.3 Å². The predicted molar refractivity (Wildman–Crippen MR) is 91.8 cm³/mol. The van der Waals surface area contributed by atoms with Gasteiger partial charge in [0.05, 0.1) is 16.3 Å². The summed E-state index contributed by atoms with van der Waals surface area (Å²) in [6.45, 7) is 0. The summed E-state index contributed by atoms with van der Waals surface area (Å²) in [5.74, 6) is 0. The van der Waals surface area contributed by atoms with Gasteiger partial charge in [0.15, 0.2) is 5.69 Å². The first kappa shape index (κ1) is 15.8. The van der Waals surface area contributed by atoms with Gasteiger partial charge in [0.25, 0.3) is 11.2 Å². The van der Waals surface area contributed by atoms with E-state index in [0.717, 1.165) is 4.47 Å². The molecule has 0 amide bonds. The Bertz CT molecular complexity index is 993. The summed E-state index contributed by atoms with van der Waals surface area (Å²) in [6.07, 6.45) is 0. The Labute approximate surface area is 143 Å². The Morgan fingerprint density at radius 2 is 1.83 bits per heavy atom. The van der Waals surface area contributed by atoms with E-state index in [1.807, 2.05) is 6.07 Å². The molecule has 1 aromatic heterocycles. The van der Waals surface area contributed by atoms with E-state index >= 15 is 0 Å². The molecule has 0 bridgehead atoms. The molecule has 0 saturated heterocycles. The van der Waals surface area contributed by atoms with Gasteiger partial charge in [-0.3, -0.25) is 25.1 Å². The van der Waals surface area contributed by atoms with Gasteiger partial charge in [-0.1, -0.05) is 24.3 Å². The minimum Gasteiger partial charge on any atom is -0.295 e. The average molecular weight is 388 g/mol. The summed E-state index contributed by atoms with van der Waals surface area (Å²) in [4.78, 5) is 22.4. The smallest absolute Gasteiger partial charge is 0.292 e. The lowest BCUT2D eigenvalue weighted by Crippen LogP contribution is -1.96. The molecule has 3 rings (SSSR count). The molecule has 0 saturated carbocycles. The lowest BCUT2D eigenvalue weighted by atomic mass is 10.1. The van der Waals surface area contributed by atoms with E-state index in [9.17, 15) is 14.9 Å². The maximum Gasteiger partial charge on any atom is 0.292 e. The van der Waals surface area contributed by atoms with Crippen molar-refractivity contribution in [2.24, 2.45) is 10.2 Å². The number of nitrogens with one attached hydrogen (secondary N) is 2. The highest BCUT2D eigenvalue weighted by molar-refractivity contribution is 9.10. The van der Waals surface area contributed by atoms with Crippen LogP contribution in [0.3, 0.4) is 0 Å². The normalized spacial score (nSPS) is 11.0. The van der Waals surface area contributed by atoms with Gasteiger partial charge in [-0.15, -0.1) is 10.2 Å². The quantitative estimate of drug-likeness (QED) is 0.390. The van der Waals surface area contributed by atoms with E-state index in [1.165, 1.54) is 18.2 Å². The molecule has 120 valence electrons. The van der Waals surface area contributed by atoms with E-state index in [1.54, 1.807) is 24.3 Å². The number of halogens is 1. The summed E-state index contributed by atoms with van der Waals surface area (Å²) in [6, 6.07) is 13.1. The monoisotopic (exact) mass is 387 g/mol. The van der Waals surface area contributed by atoms with Crippen LogP contribution in [0.15, 0.2) is 68.0 Å². The highest BCUT2D eigenvalue weighted by Gasteiger charge is 2.14. The van der Waals surface area contributed by atoms with Gasteiger partial charge < -0.3 is 0 Å². The summed E-state index contributed by atoms with van der Waals surface area (Å²) < 4.78 is 0.734. The molecule has 0 radical (unpaired) electrons. The van der Waals surface area contributed by atoms with E-state index in [0.29, 0.717) is 16.9 Å². The summed E-state index contributed by atoms with van der Waals surface area (Å²) >= 11 is 3.35. The van der Waals surface area contributed by atoms with E-state index in [-0.39, 0.29) is 11.4 Å². The number of hydrogen-bond donors (Lipinski definition) is 2. The number of H-pyrrole nitrogens is 2. The Balaban J connectivity index is 2.04. The Kier molecular flexibility index (Phi) is 4.34. The summed E-state index contributed by atoms with van der Waals surface area (Å²) in [5, 5.41) is 24.1. The molecule has 9 heteroatoms. The summed E-state index contributed by atoms with van der Waals surface area (Å²) in [7, 11) is 0. The van der Waals surface area contributed by atoms with Gasteiger partial charge in [-0.05, 0) is 28.1 Å². The van der Waals surface area contributed by atoms with Crippen LogP contribution in [0.4, 0.5) is 17.1 Å². The molecule has 0 aliphatic rings. The molecule has 2 aromatic carbocycles. The van der Waals surface area contributed by atoms with Gasteiger partial charge in [-0.25, -0.2) is 0 Å². The second-order valence-electron chi connectivity index (χ2n) is 4.76. The van der Waals surface area contributed by atoms with Crippen LogP contribution in [0, 0.1) is 10.1 Å². The van der Waals surface area contributed by atoms with Crippen molar-refractivity contribution in [3.05, 3.63) is 73.5 Å². The molecule has 0 atom stereocenters. The van der Waals surface area contributed by atoms with Crippen LogP contribution in [0.2, 0.25) is 0 Å². The average Bonchev–Trinajstić information content (AvgIpc) is 2.95. The maximum atomic E-state index is 12.0. The molecule has 3 aromatic rings. The number of aromatic nitrogens is 2. The fourth-order valence-electron chi connectivity index (χ4n) is 2.07. The van der Waals surface area contributed by atoms with Crippen molar-refractivity contribution in [2.45, 2.75) is 0 Å². The lowest BCUT2D eigenvalue weighted by molar-refractivity contribution is -0.384. The number of rotatable bonds is 4. The number of hydrogen-bond acceptors (Lipinski definition) is 5. The molecule has 2 N–H and O–H groups in total. The molecular formula is C15H10BrN5O3. The number of non-ortho nitro benzene ring substituents is 1. The van der Waals surface area contributed by atoms with E-state index in [4.69, 9.17) is 0 Å². The van der Waals surface area contributed by atoms with Gasteiger partial charge >= 0.3 is 0 Å². The lowest BCUT2D eigenvalue weighted by Gasteiger charge is -1.99. The van der Waals surface area contributed by atoms with E-state index < -0.39 is 10.5 Å². The maximum absolute atomic E-state index is 12.0. The van der Waals surface area contributed by atoms with Crippen molar-refractivity contribution in [1.82, 2.24) is 10.2 Å². The number of nitro groups is 1. The third-order valence-electron chi connectivity index (χ3n) is 3.21. The number of nitrogens with zero attached hydrogens (tertiary/aromatic N) is 3. The third kappa shape index (κ3) is 3.15. The first-order valence-corrected chi connectivity index (χ1v) is 7.57. The standard InChI is InChI=1S/C15H10BrN5O3/c16-11-6-1-2-7-12(11)17-19-14-13(18-20-15(14)22)9-4-3-5-10(8-9)21(23)24/h1-8H,(H2,18,20,22). The molecular weight excluding hydrogens is 378 g/mol. The fourth-order valence-corrected chi connectivity index (χ4v) is 2.43. The minimum atomic E-state index is -0.503. The molecule has 0 aliphatic carbocycles. The Hall–Kier alpha value is -3.07. The second kappa shape index (κ2) is 6.59. The van der Waals surface area contributed by atoms with Crippen LogP contribution in [-0.2, 0) is 0 Å². The second-order valence-corrected chi connectivity index (χ2v) is 5.62. The van der Waals surface area contributed by atoms with Crippen LogP contribution in [0.5, 0.6) is 0 Å². The molecule has 8 nitrogen and oxygen atoms in total. The zero-order chi connectivity index (χ0) is 17.1. The first-order valence-electron chi connectivity index (χ1n) is 6.78. The predicted octanol–water partition coefficient (Wildman–Crippen LogP) is 4.46. The minimum absolute atomic E-state index is 0.0475. The van der Waals surface area contributed by atoms with Crippen LogP contribution in [-0.4, -0.2) is 15.1 Å². The molecule has 0 aliphatic heterocycles. The van der Waals surface area contributed by atoms with E-state index in [2.05, 4.69) is 36.4 Å². The molecule has 24 heavy (non-hydrogen) atoms. The largest absolute Gasteiger partial charge is 0.295 e. The zero-order valence-electron chi connectivity index (χ0n) is 12.1.